The van der Waals surface area contributed by atoms with Crippen LogP contribution in [0.2, 0.25) is 5.02 Å². The van der Waals surface area contributed by atoms with Crippen LogP contribution < -0.4 is 19.7 Å². The van der Waals surface area contributed by atoms with Crippen LogP contribution in [-0.4, -0.2) is 75.0 Å². The van der Waals surface area contributed by atoms with Gasteiger partial charge in [-0.1, -0.05) is 41.4 Å². The Kier molecular flexibility index (Phi) is 11.8. The lowest BCUT2D eigenvalue weighted by molar-refractivity contribution is -0.118. The van der Waals surface area contributed by atoms with E-state index in [1.807, 2.05) is 86.3 Å². The minimum atomic E-state index is -3.47. The molecule has 4 aromatic rings. The topological polar surface area (TPSA) is 91.4 Å². The fourth-order valence-corrected chi connectivity index (χ4v) is 10.1. The van der Waals surface area contributed by atoms with Gasteiger partial charge in [-0.3, -0.25) is 9.69 Å². The molecule has 55 heavy (non-hydrogen) atoms. The molecule has 0 radical (unpaired) electrons. The highest BCUT2D eigenvalue weighted by atomic mass is 35.5. The minimum Gasteiger partial charge on any atom is -0.493 e. The van der Waals surface area contributed by atoms with Gasteiger partial charge < -0.3 is 19.7 Å². The number of halogens is 1. The molecule has 2 unspecified atom stereocenters. The van der Waals surface area contributed by atoms with Crippen molar-refractivity contribution in [3.8, 4) is 11.5 Å². The van der Waals surface area contributed by atoms with Crippen LogP contribution >= 0.6 is 11.6 Å². The molecule has 0 aromatic heterocycles. The summed E-state index contributed by atoms with van der Waals surface area (Å²) in [5, 5.41) is 4.39. The van der Waals surface area contributed by atoms with Crippen molar-refractivity contribution in [1.82, 2.24) is 9.21 Å². The Morgan fingerprint density at radius 2 is 1.47 bits per heavy atom. The zero-order valence-corrected chi connectivity index (χ0v) is 34.1. The summed E-state index contributed by atoms with van der Waals surface area (Å²) < 4.78 is 39.9. The number of fused-ring (bicyclic) bond motifs is 1. The molecule has 3 aliphatic rings. The van der Waals surface area contributed by atoms with Gasteiger partial charge in [0.2, 0.25) is 15.9 Å². The number of benzene rings is 4. The molecule has 0 bridgehead atoms. The molecule has 11 heteroatoms. The third kappa shape index (κ3) is 8.53. The molecule has 2 atom stereocenters. The fraction of sp³-hybridized carbons (Fsp3) is 0.432. The van der Waals surface area contributed by atoms with Crippen molar-refractivity contribution in [3.63, 3.8) is 0 Å². The van der Waals surface area contributed by atoms with Crippen molar-refractivity contribution in [3.05, 3.63) is 112 Å². The van der Waals surface area contributed by atoms with Crippen molar-refractivity contribution in [2.75, 3.05) is 43.5 Å². The molecule has 1 saturated heterocycles. The lowest BCUT2D eigenvalue weighted by atomic mass is 9.81. The van der Waals surface area contributed by atoms with Crippen LogP contribution in [0.3, 0.4) is 0 Å². The molecule has 1 N–H and O–H groups in total. The molecular formula is C44H53ClN4O5S. The third-order valence-electron chi connectivity index (χ3n) is 11.6. The zero-order valence-electron chi connectivity index (χ0n) is 32.5. The molecular weight excluding hydrogens is 732 g/mol. The first-order valence-corrected chi connectivity index (χ1v) is 21.4. The number of aryl methyl sites for hydroxylation is 1. The van der Waals surface area contributed by atoms with Crippen LogP contribution in [0.15, 0.2) is 89.8 Å². The Balaban J connectivity index is 0.991. The van der Waals surface area contributed by atoms with Gasteiger partial charge in [0.05, 0.1) is 30.6 Å². The van der Waals surface area contributed by atoms with Crippen molar-refractivity contribution >= 4 is 38.9 Å². The molecule has 2 aliphatic heterocycles. The number of nitrogens with one attached hydrogen (secondary N) is 1. The standard InChI is InChI=1S/C44H53ClN4O5S/c1-29(2)54-42-28-40-34(26-41(42)53-5)27-43(50)49(44(40)33-8-12-35(45)13-9-33)38-18-14-36(15-19-38)46-31(4)32-10-16-37(17-11-32)47-22-24-48(25-23-47)55(51,52)39-20-6-30(3)7-21-39/h6-9,12-15,18-21,26,28-29,31-32,37,44,46H,10-11,16-17,22-25,27H2,1-5H3. The van der Waals surface area contributed by atoms with Gasteiger partial charge >= 0.3 is 0 Å². The van der Waals surface area contributed by atoms with Crippen molar-refractivity contribution in [2.24, 2.45) is 5.92 Å². The van der Waals surface area contributed by atoms with Gasteiger partial charge in [0.25, 0.3) is 0 Å². The Labute approximate surface area is 331 Å². The summed E-state index contributed by atoms with van der Waals surface area (Å²) in [6, 6.07) is 27.4. The minimum absolute atomic E-state index is 0.00664. The van der Waals surface area contributed by atoms with E-state index in [4.69, 9.17) is 21.1 Å². The number of hydrogen-bond donors (Lipinski definition) is 1. The monoisotopic (exact) mass is 784 g/mol. The fourth-order valence-electron chi connectivity index (χ4n) is 8.56. The van der Waals surface area contributed by atoms with Gasteiger partial charge in [-0.05, 0) is 137 Å². The zero-order chi connectivity index (χ0) is 38.9. The van der Waals surface area contributed by atoms with Crippen molar-refractivity contribution < 1.29 is 22.7 Å². The molecule has 9 nitrogen and oxygen atoms in total. The maximum atomic E-state index is 14.0. The van der Waals surface area contributed by atoms with Crippen LogP contribution in [0.4, 0.5) is 11.4 Å². The number of hydrogen-bond acceptors (Lipinski definition) is 7. The summed E-state index contributed by atoms with van der Waals surface area (Å²) >= 11 is 6.31. The molecule has 0 spiro atoms. The van der Waals surface area contributed by atoms with Crippen LogP contribution in [0.25, 0.3) is 0 Å². The maximum absolute atomic E-state index is 14.0. The lowest BCUT2D eigenvalue weighted by Gasteiger charge is -2.42. The number of methoxy groups -OCH3 is 1. The first-order valence-electron chi connectivity index (χ1n) is 19.5. The molecule has 2 heterocycles. The predicted molar refractivity (Wildman–Crippen MR) is 220 cm³/mol. The van der Waals surface area contributed by atoms with E-state index in [9.17, 15) is 13.2 Å². The second-order valence-electron chi connectivity index (χ2n) is 15.6. The lowest BCUT2D eigenvalue weighted by Crippen LogP contribution is -2.52. The Bertz CT molecular complexity index is 2060. The number of anilines is 2. The van der Waals surface area contributed by atoms with Crippen LogP contribution in [0.1, 0.15) is 74.8 Å². The number of ether oxygens (including phenoxy) is 2. The Morgan fingerprint density at radius 1 is 0.818 bits per heavy atom. The van der Waals surface area contributed by atoms with Gasteiger partial charge in [-0.2, -0.15) is 4.31 Å². The Hall–Kier alpha value is -4.09. The summed E-state index contributed by atoms with van der Waals surface area (Å²) in [4.78, 5) is 18.8. The van der Waals surface area contributed by atoms with Crippen LogP contribution in [0, 0.1) is 12.8 Å². The smallest absolute Gasteiger partial charge is 0.243 e. The second-order valence-corrected chi connectivity index (χ2v) is 17.9. The summed E-state index contributed by atoms with van der Waals surface area (Å²) in [6.45, 7) is 10.8. The molecule has 1 saturated carbocycles. The van der Waals surface area contributed by atoms with E-state index in [2.05, 4.69) is 29.3 Å². The molecule has 4 aromatic carbocycles. The number of sulfonamides is 1. The number of nitrogens with zero attached hydrogens (tertiary/aromatic N) is 3. The van der Waals surface area contributed by atoms with E-state index in [0.29, 0.717) is 46.5 Å². The first-order chi connectivity index (χ1) is 26.4. The highest BCUT2D eigenvalue weighted by molar-refractivity contribution is 7.89. The maximum Gasteiger partial charge on any atom is 0.243 e. The normalized spacial score (nSPS) is 21.6. The molecule has 1 aliphatic carbocycles. The summed E-state index contributed by atoms with van der Waals surface area (Å²) in [5.41, 5.74) is 5.78. The molecule has 2 fully saturated rings. The van der Waals surface area contributed by atoms with E-state index < -0.39 is 10.0 Å². The second kappa shape index (κ2) is 16.6. The molecule has 292 valence electrons. The predicted octanol–water partition coefficient (Wildman–Crippen LogP) is 8.49. The van der Waals surface area contributed by atoms with Crippen LogP contribution in [0.5, 0.6) is 11.5 Å². The van der Waals surface area contributed by atoms with E-state index in [1.165, 1.54) is 0 Å². The van der Waals surface area contributed by atoms with E-state index in [-0.39, 0.29) is 30.5 Å². The van der Waals surface area contributed by atoms with Crippen molar-refractivity contribution in [1.29, 1.82) is 0 Å². The highest BCUT2D eigenvalue weighted by Crippen LogP contribution is 2.44. The van der Waals surface area contributed by atoms with Gasteiger partial charge in [-0.15, -0.1) is 0 Å². The van der Waals surface area contributed by atoms with Crippen molar-refractivity contribution in [2.45, 2.75) is 88.9 Å². The summed E-state index contributed by atoms with van der Waals surface area (Å²) in [5.74, 6) is 1.81. The summed E-state index contributed by atoms with van der Waals surface area (Å²) in [7, 11) is -1.84. The number of amides is 1. The van der Waals surface area contributed by atoms with Gasteiger partial charge in [-0.25, -0.2) is 8.42 Å². The Morgan fingerprint density at radius 3 is 2.09 bits per heavy atom. The average molecular weight is 785 g/mol. The molecule has 1 amide bonds. The van der Waals surface area contributed by atoms with Gasteiger partial charge in [0.1, 0.15) is 0 Å². The van der Waals surface area contributed by atoms with E-state index >= 15 is 0 Å². The number of rotatable bonds is 11. The first kappa shape index (κ1) is 39.2. The van der Waals surface area contributed by atoms with E-state index in [0.717, 1.165) is 72.4 Å². The number of carbonyl (C=O) groups is 1. The SMILES string of the molecule is COc1cc2c(cc1OC(C)C)C(c1ccc(Cl)cc1)N(c1ccc(NC(C)C3CCC(N4CCN(S(=O)(=O)c5ccc(C)cc5)CC4)CC3)cc1)C(=O)C2. The average Bonchev–Trinajstić information content (AvgIpc) is 3.18. The van der Waals surface area contributed by atoms with E-state index in [1.54, 1.807) is 23.5 Å². The number of carbonyl (C=O) groups excluding carboxylic acids is 1. The van der Waals surface area contributed by atoms with Crippen LogP contribution in [-0.2, 0) is 21.2 Å². The molecule has 7 rings (SSSR count). The van der Waals surface area contributed by atoms with Gasteiger partial charge in [0.15, 0.2) is 11.5 Å². The number of piperazine rings is 1. The quantitative estimate of drug-likeness (QED) is 0.163. The third-order valence-corrected chi connectivity index (χ3v) is 13.7. The largest absolute Gasteiger partial charge is 0.493 e. The highest BCUT2D eigenvalue weighted by Gasteiger charge is 2.37. The van der Waals surface area contributed by atoms with Gasteiger partial charge in [0, 0.05) is 54.7 Å². The summed E-state index contributed by atoms with van der Waals surface area (Å²) in [6.07, 6.45) is 4.67.